The summed E-state index contributed by atoms with van der Waals surface area (Å²) in [4.78, 5) is 0. The second kappa shape index (κ2) is 6.50. The fraction of sp³-hybridized carbons (Fsp3) is 0.250. The molecule has 0 saturated carbocycles. The van der Waals surface area contributed by atoms with Crippen molar-refractivity contribution in [2.75, 3.05) is 6.61 Å². The highest BCUT2D eigenvalue weighted by molar-refractivity contribution is 5.42. The van der Waals surface area contributed by atoms with Gasteiger partial charge in [0.25, 0.3) is 0 Å². The van der Waals surface area contributed by atoms with E-state index in [1.807, 2.05) is 12.1 Å². The topological polar surface area (TPSA) is 49.7 Å². The fourth-order valence-corrected chi connectivity index (χ4v) is 2.06. The first-order valence-corrected chi connectivity index (χ1v) is 6.46. The Morgan fingerprint density at radius 2 is 1.80 bits per heavy atom. The van der Waals surface area contributed by atoms with Crippen molar-refractivity contribution < 1.29 is 19.3 Å². The largest absolute Gasteiger partial charge is 0.457 e. The van der Waals surface area contributed by atoms with Crippen LogP contribution in [0.3, 0.4) is 0 Å². The van der Waals surface area contributed by atoms with Gasteiger partial charge in [-0.15, -0.1) is 0 Å². The molecule has 0 heterocycles. The zero-order valence-corrected chi connectivity index (χ0v) is 11.2. The van der Waals surface area contributed by atoms with E-state index in [0.29, 0.717) is 12.2 Å². The molecule has 20 heavy (non-hydrogen) atoms. The van der Waals surface area contributed by atoms with Gasteiger partial charge in [-0.25, -0.2) is 4.39 Å². The molecule has 0 aliphatic heterocycles. The van der Waals surface area contributed by atoms with Crippen molar-refractivity contribution in [3.8, 4) is 11.5 Å². The molecule has 0 aliphatic carbocycles. The Kier molecular flexibility index (Phi) is 4.71. The Morgan fingerprint density at radius 1 is 1.10 bits per heavy atom. The zero-order valence-electron chi connectivity index (χ0n) is 11.2. The van der Waals surface area contributed by atoms with Crippen LogP contribution in [0.15, 0.2) is 42.5 Å². The van der Waals surface area contributed by atoms with Crippen molar-refractivity contribution >= 4 is 0 Å². The van der Waals surface area contributed by atoms with Crippen molar-refractivity contribution in [3.05, 3.63) is 59.4 Å². The van der Waals surface area contributed by atoms with Crippen LogP contribution in [0, 0.1) is 5.82 Å². The second-order valence-corrected chi connectivity index (χ2v) is 4.51. The average Bonchev–Trinajstić information content (AvgIpc) is 2.41. The molecule has 2 aromatic rings. The van der Waals surface area contributed by atoms with Crippen molar-refractivity contribution in [1.29, 1.82) is 0 Å². The second-order valence-electron chi connectivity index (χ2n) is 4.51. The molecule has 106 valence electrons. The Labute approximate surface area is 117 Å². The lowest BCUT2D eigenvalue weighted by molar-refractivity contribution is 0.190. The molecule has 0 aliphatic rings. The minimum absolute atomic E-state index is 0.00673. The summed E-state index contributed by atoms with van der Waals surface area (Å²) in [6.07, 6.45) is -0.508. The first kappa shape index (κ1) is 14.5. The summed E-state index contributed by atoms with van der Waals surface area (Å²) in [7, 11) is 0. The predicted octanol–water partition coefficient (Wildman–Crippen LogP) is 3.21. The third-order valence-electron chi connectivity index (χ3n) is 3.00. The van der Waals surface area contributed by atoms with E-state index >= 15 is 0 Å². The highest BCUT2D eigenvalue weighted by Gasteiger charge is 2.16. The zero-order chi connectivity index (χ0) is 14.5. The smallest absolute Gasteiger partial charge is 0.136 e. The molecule has 0 aromatic heterocycles. The number of hydrogen-bond acceptors (Lipinski definition) is 3. The van der Waals surface area contributed by atoms with E-state index in [2.05, 4.69) is 0 Å². The number of halogens is 1. The molecule has 4 heteroatoms. The van der Waals surface area contributed by atoms with Gasteiger partial charge in [-0.2, -0.15) is 0 Å². The molecule has 2 N–H and O–H groups in total. The van der Waals surface area contributed by atoms with E-state index in [1.54, 1.807) is 18.2 Å². The number of aliphatic hydroxyl groups is 2. The summed E-state index contributed by atoms with van der Waals surface area (Å²) in [5, 5.41) is 18.7. The highest BCUT2D eigenvalue weighted by atomic mass is 19.1. The van der Waals surface area contributed by atoms with Crippen LogP contribution < -0.4 is 4.74 Å². The van der Waals surface area contributed by atoms with Crippen molar-refractivity contribution in [2.45, 2.75) is 19.4 Å². The number of ether oxygens (including phenoxy) is 1. The Bertz CT molecular complexity index is 582. The monoisotopic (exact) mass is 276 g/mol. The summed E-state index contributed by atoms with van der Waals surface area (Å²) in [6.45, 7) is 1.50. The van der Waals surface area contributed by atoms with Gasteiger partial charge in [0.05, 0.1) is 11.7 Å². The third kappa shape index (κ3) is 3.15. The Balaban J connectivity index is 2.38. The quantitative estimate of drug-likeness (QED) is 0.881. The van der Waals surface area contributed by atoms with E-state index < -0.39 is 11.9 Å². The minimum Gasteiger partial charge on any atom is -0.457 e. The summed E-state index contributed by atoms with van der Waals surface area (Å²) in [5.74, 6) is 0.330. The van der Waals surface area contributed by atoms with Crippen LogP contribution in [0.1, 0.15) is 24.2 Å². The molecule has 3 nitrogen and oxygen atoms in total. The Hall–Kier alpha value is -1.91. The lowest BCUT2D eigenvalue weighted by Crippen LogP contribution is -2.01. The van der Waals surface area contributed by atoms with Gasteiger partial charge >= 0.3 is 0 Å². The van der Waals surface area contributed by atoms with E-state index in [0.717, 1.165) is 5.56 Å². The molecule has 1 atom stereocenters. The third-order valence-corrected chi connectivity index (χ3v) is 3.00. The molecule has 1 unspecified atom stereocenters. The summed E-state index contributed by atoms with van der Waals surface area (Å²) in [6, 6.07) is 11.7. The molecule has 0 amide bonds. The van der Waals surface area contributed by atoms with E-state index in [4.69, 9.17) is 9.84 Å². The van der Waals surface area contributed by atoms with Gasteiger partial charge in [-0.1, -0.05) is 24.3 Å². The van der Waals surface area contributed by atoms with Crippen LogP contribution in [0.5, 0.6) is 11.5 Å². The van der Waals surface area contributed by atoms with Crippen LogP contribution >= 0.6 is 0 Å². The lowest BCUT2D eigenvalue weighted by atomic mass is 10.1. The van der Waals surface area contributed by atoms with Gasteiger partial charge in [-0.3, -0.25) is 0 Å². The van der Waals surface area contributed by atoms with E-state index in [-0.39, 0.29) is 17.9 Å². The number of aliphatic hydroxyl groups excluding tert-OH is 2. The van der Waals surface area contributed by atoms with Crippen LogP contribution in [0.4, 0.5) is 4.39 Å². The van der Waals surface area contributed by atoms with E-state index in [1.165, 1.54) is 19.1 Å². The van der Waals surface area contributed by atoms with Gasteiger partial charge in [0, 0.05) is 6.61 Å². The molecule has 2 rings (SSSR count). The predicted molar refractivity (Wildman–Crippen MR) is 74.3 cm³/mol. The Morgan fingerprint density at radius 3 is 2.50 bits per heavy atom. The molecule has 0 radical (unpaired) electrons. The standard InChI is InChI=1S/C16H17FO3/c1-11(19)16-13(17)6-4-8-15(16)20-14-7-3-2-5-12(14)9-10-18/h2-8,11,18-19H,9-10H2,1H3. The fourth-order valence-electron chi connectivity index (χ4n) is 2.06. The van der Waals surface area contributed by atoms with Crippen LogP contribution in [-0.2, 0) is 6.42 Å². The van der Waals surface area contributed by atoms with Crippen molar-refractivity contribution in [1.82, 2.24) is 0 Å². The van der Waals surface area contributed by atoms with Crippen LogP contribution in [0.25, 0.3) is 0 Å². The number of hydrogen-bond donors (Lipinski definition) is 2. The van der Waals surface area contributed by atoms with Crippen molar-refractivity contribution in [3.63, 3.8) is 0 Å². The first-order chi connectivity index (χ1) is 9.63. The molecular formula is C16H17FO3. The number of para-hydroxylation sites is 1. The van der Waals surface area contributed by atoms with Crippen molar-refractivity contribution in [2.24, 2.45) is 0 Å². The summed E-state index contributed by atoms with van der Waals surface area (Å²) < 4.78 is 19.5. The molecular weight excluding hydrogens is 259 g/mol. The lowest BCUT2D eigenvalue weighted by Gasteiger charge is -2.15. The maximum Gasteiger partial charge on any atom is 0.136 e. The van der Waals surface area contributed by atoms with Gasteiger partial charge in [-0.05, 0) is 37.1 Å². The number of rotatable bonds is 5. The molecule has 0 saturated heterocycles. The highest BCUT2D eigenvalue weighted by Crippen LogP contribution is 2.33. The summed E-state index contributed by atoms with van der Waals surface area (Å²) in [5.41, 5.74) is 0.960. The van der Waals surface area contributed by atoms with Crippen LogP contribution in [0.2, 0.25) is 0 Å². The molecule has 0 bridgehead atoms. The SMILES string of the molecule is CC(O)c1c(F)cccc1Oc1ccccc1CCO. The number of benzene rings is 2. The minimum atomic E-state index is -0.962. The van der Waals surface area contributed by atoms with Gasteiger partial charge in [0.2, 0.25) is 0 Å². The molecule has 0 fully saturated rings. The summed E-state index contributed by atoms with van der Waals surface area (Å²) >= 11 is 0. The van der Waals surface area contributed by atoms with Gasteiger partial charge in [0.1, 0.15) is 17.3 Å². The maximum absolute atomic E-state index is 13.8. The maximum atomic E-state index is 13.8. The molecule has 2 aromatic carbocycles. The van der Waals surface area contributed by atoms with Gasteiger partial charge in [0.15, 0.2) is 0 Å². The van der Waals surface area contributed by atoms with E-state index in [9.17, 15) is 9.50 Å². The van der Waals surface area contributed by atoms with Gasteiger partial charge < -0.3 is 14.9 Å². The first-order valence-electron chi connectivity index (χ1n) is 6.46. The van der Waals surface area contributed by atoms with Crippen LogP contribution in [-0.4, -0.2) is 16.8 Å². The normalized spacial score (nSPS) is 12.2. The molecule has 0 spiro atoms. The average molecular weight is 276 g/mol.